The van der Waals surface area contributed by atoms with Crippen molar-refractivity contribution in [1.82, 2.24) is 19.7 Å². The third kappa shape index (κ3) is 3.11. The zero-order valence-corrected chi connectivity index (χ0v) is 17.3. The minimum Gasteiger partial charge on any atom is -0.454 e. The summed E-state index contributed by atoms with van der Waals surface area (Å²) < 4.78 is 13.9. The maximum Gasteiger partial charge on any atom is 0.291 e. The molecule has 5 rings (SSSR count). The molecule has 1 amide bonds. The van der Waals surface area contributed by atoms with Gasteiger partial charge in [-0.1, -0.05) is 31.2 Å². The zero-order valence-electron chi connectivity index (χ0n) is 17.3. The summed E-state index contributed by atoms with van der Waals surface area (Å²) in [7, 11) is 1.62. The van der Waals surface area contributed by atoms with Gasteiger partial charge in [-0.15, -0.1) is 0 Å². The van der Waals surface area contributed by atoms with E-state index in [-0.39, 0.29) is 18.3 Å². The fraction of sp³-hybridized carbons (Fsp3) is 0.261. The highest BCUT2D eigenvalue weighted by molar-refractivity contribution is 6.08. The van der Waals surface area contributed by atoms with Gasteiger partial charge in [0.2, 0.25) is 12.7 Å². The number of para-hydroxylation sites is 1. The van der Waals surface area contributed by atoms with E-state index in [0.29, 0.717) is 30.0 Å². The summed E-state index contributed by atoms with van der Waals surface area (Å²) in [6.45, 7) is 2.50. The highest BCUT2D eigenvalue weighted by Gasteiger charge is 2.25. The van der Waals surface area contributed by atoms with Crippen molar-refractivity contribution < 1.29 is 14.3 Å². The lowest BCUT2D eigenvalue weighted by Gasteiger charge is -2.19. The zero-order chi connectivity index (χ0) is 21.5. The number of aryl methyl sites for hydroxylation is 1. The van der Waals surface area contributed by atoms with Crippen LogP contribution in [0.15, 0.2) is 53.5 Å². The molecule has 8 nitrogen and oxygen atoms in total. The van der Waals surface area contributed by atoms with Crippen molar-refractivity contribution in [2.45, 2.75) is 25.9 Å². The van der Waals surface area contributed by atoms with Gasteiger partial charge >= 0.3 is 0 Å². The maximum absolute atomic E-state index is 13.3. The minimum atomic E-state index is -0.536. The van der Waals surface area contributed by atoms with Crippen LogP contribution >= 0.6 is 0 Å². The van der Waals surface area contributed by atoms with Crippen LogP contribution < -0.4 is 20.3 Å². The molecule has 8 heteroatoms. The summed E-state index contributed by atoms with van der Waals surface area (Å²) in [5.74, 6) is 1.23. The molecule has 1 atom stereocenters. The van der Waals surface area contributed by atoms with Crippen molar-refractivity contribution in [3.05, 3.63) is 64.6 Å². The number of aromatic nitrogens is 3. The predicted molar refractivity (Wildman–Crippen MR) is 116 cm³/mol. The Bertz CT molecular complexity index is 1370. The van der Waals surface area contributed by atoms with Crippen LogP contribution in [0.1, 0.15) is 24.9 Å². The van der Waals surface area contributed by atoms with E-state index in [1.54, 1.807) is 13.2 Å². The highest BCUT2D eigenvalue weighted by atomic mass is 16.7. The Kier molecular flexibility index (Phi) is 4.62. The second kappa shape index (κ2) is 7.46. The standard InChI is InChI=1S/C23H22N4O4/c1-3-17(22(28)24-11-14-8-9-19-20(10-14)31-13-30-19)27-18-7-5-4-6-15(18)16-12-25-26(2)23(29)21(16)27/h4-10,12,17H,3,11,13H2,1-2H3,(H,24,28)/t17-/m0/s1. The van der Waals surface area contributed by atoms with Crippen molar-refractivity contribution in [3.8, 4) is 11.5 Å². The Hall–Kier alpha value is -3.81. The smallest absolute Gasteiger partial charge is 0.291 e. The Balaban J connectivity index is 1.52. The van der Waals surface area contributed by atoms with Gasteiger partial charge in [-0.2, -0.15) is 5.10 Å². The topological polar surface area (TPSA) is 87.4 Å². The number of nitrogens with one attached hydrogen (secondary N) is 1. The molecular weight excluding hydrogens is 396 g/mol. The van der Waals surface area contributed by atoms with Crippen LogP contribution in [-0.4, -0.2) is 27.0 Å². The van der Waals surface area contributed by atoms with Gasteiger partial charge in [0, 0.05) is 24.4 Å². The fourth-order valence-electron chi connectivity index (χ4n) is 4.16. The molecule has 0 bridgehead atoms. The number of amides is 1. The molecule has 2 aromatic heterocycles. The monoisotopic (exact) mass is 418 g/mol. The average molecular weight is 418 g/mol. The number of ether oxygens (including phenoxy) is 2. The molecular formula is C23H22N4O4. The minimum absolute atomic E-state index is 0.151. The van der Waals surface area contributed by atoms with Gasteiger partial charge < -0.3 is 19.4 Å². The van der Waals surface area contributed by atoms with Gasteiger partial charge in [-0.3, -0.25) is 9.59 Å². The Morgan fingerprint density at radius 1 is 1.16 bits per heavy atom. The molecule has 0 spiro atoms. The molecule has 0 radical (unpaired) electrons. The normalized spacial score (nSPS) is 13.6. The van der Waals surface area contributed by atoms with Crippen LogP contribution in [0.4, 0.5) is 0 Å². The van der Waals surface area contributed by atoms with E-state index >= 15 is 0 Å². The second-order valence-electron chi connectivity index (χ2n) is 7.55. The third-order valence-corrected chi connectivity index (χ3v) is 5.71. The summed E-state index contributed by atoms with van der Waals surface area (Å²) in [6.07, 6.45) is 2.22. The molecule has 1 aliphatic heterocycles. The molecule has 0 fully saturated rings. The molecule has 31 heavy (non-hydrogen) atoms. The summed E-state index contributed by atoms with van der Waals surface area (Å²) in [5, 5.41) is 8.84. The number of rotatable bonds is 5. The van der Waals surface area contributed by atoms with E-state index in [4.69, 9.17) is 9.47 Å². The van der Waals surface area contributed by atoms with E-state index in [9.17, 15) is 9.59 Å². The first-order valence-corrected chi connectivity index (χ1v) is 10.2. The van der Waals surface area contributed by atoms with E-state index in [1.165, 1.54) is 4.68 Å². The van der Waals surface area contributed by atoms with Crippen molar-refractivity contribution >= 4 is 27.7 Å². The predicted octanol–water partition coefficient (Wildman–Crippen LogP) is 2.88. The van der Waals surface area contributed by atoms with Crippen molar-refractivity contribution in [2.24, 2.45) is 7.05 Å². The number of benzene rings is 2. The van der Waals surface area contributed by atoms with Crippen molar-refractivity contribution in [2.75, 3.05) is 6.79 Å². The number of fused-ring (bicyclic) bond motifs is 4. The lowest BCUT2D eigenvalue weighted by atomic mass is 10.1. The van der Waals surface area contributed by atoms with Gasteiger partial charge in [0.1, 0.15) is 11.6 Å². The van der Waals surface area contributed by atoms with Crippen LogP contribution in [-0.2, 0) is 18.4 Å². The number of nitrogens with zero attached hydrogens (tertiary/aromatic N) is 3. The Morgan fingerprint density at radius 3 is 2.81 bits per heavy atom. The van der Waals surface area contributed by atoms with E-state index in [2.05, 4.69) is 10.4 Å². The highest BCUT2D eigenvalue weighted by Crippen LogP contribution is 2.33. The van der Waals surface area contributed by atoms with Gasteiger partial charge in [-0.05, 0) is 30.2 Å². The van der Waals surface area contributed by atoms with Crippen molar-refractivity contribution in [3.63, 3.8) is 0 Å². The molecule has 1 N–H and O–H groups in total. The summed E-state index contributed by atoms with van der Waals surface area (Å²) in [6, 6.07) is 12.8. The molecule has 158 valence electrons. The number of carbonyl (C=O) groups is 1. The molecule has 1 aliphatic rings. The number of carbonyl (C=O) groups excluding carboxylic acids is 1. The van der Waals surface area contributed by atoms with Gasteiger partial charge in [0.15, 0.2) is 11.5 Å². The van der Waals surface area contributed by atoms with Crippen LogP contribution in [0.2, 0.25) is 0 Å². The summed E-state index contributed by atoms with van der Waals surface area (Å²) >= 11 is 0. The Labute approximate surface area is 178 Å². The van der Waals surface area contributed by atoms with Gasteiger partial charge in [-0.25, -0.2) is 4.68 Å². The number of hydrogen-bond acceptors (Lipinski definition) is 5. The first-order chi connectivity index (χ1) is 15.1. The lowest BCUT2D eigenvalue weighted by molar-refractivity contribution is -0.124. The second-order valence-corrected chi connectivity index (χ2v) is 7.55. The first-order valence-electron chi connectivity index (χ1n) is 10.2. The molecule has 0 saturated heterocycles. The maximum atomic E-state index is 13.3. The van der Waals surface area contributed by atoms with Crippen molar-refractivity contribution in [1.29, 1.82) is 0 Å². The third-order valence-electron chi connectivity index (χ3n) is 5.71. The van der Waals surface area contributed by atoms with Crippen LogP contribution in [0.25, 0.3) is 21.8 Å². The summed E-state index contributed by atoms with van der Waals surface area (Å²) in [5.41, 5.74) is 2.02. The molecule has 0 saturated carbocycles. The van der Waals surface area contributed by atoms with Crippen LogP contribution in [0.5, 0.6) is 11.5 Å². The largest absolute Gasteiger partial charge is 0.454 e. The lowest BCUT2D eigenvalue weighted by Crippen LogP contribution is -2.33. The fourth-order valence-corrected chi connectivity index (χ4v) is 4.16. The molecule has 3 heterocycles. The van der Waals surface area contributed by atoms with E-state index in [0.717, 1.165) is 21.9 Å². The quantitative estimate of drug-likeness (QED) is 0.539. The number of hydrogen-bond donors (Lipinski definition) is 1. The van der Waals surface area contributed by atoms with Crippen LogP contribution in [0.3, 0.4) is 0 Å². The molecule has 0 aliphatic carbocycles. The molecule has 4 aromatic rings. The Morgan fingerprint density at radius 2 is 1.97 bits per heavy atom. The van der Waals surface area contributed by atoms with Gasteiger partial charge in [0.05, 0.1) is 11.7 Å². The molecule has 2 aromatic carbocycles. The van der Waals surface area contributed by atoms with Crippen LogP contribution in [0, 0.1) is 0 Å². The van der Waals surface area contributed by atoms with E-state index in [1.807, 2.05) is 54.0 Å². The van der Waals surface area contributed by atoms with E-state index < -0.39 is 6.04 Å². The average Bonchev–Trinajstić information content (AvgIpc) is 3.38. The summed E-state index contributed by atoms with van der Waals surface area (Å²) in [4.78, 5) is 26.2. The van der Waals surface area contributed by atoms with Gasteiger partial charge in [0.25, 0.3) is 5.56 Å². The molecule has 0 unspecified atom stereocenters. The SMILES string of the molecule is CC[C@@H](C(=O)NCc1ccc2c(c1)OCO2)n1c2ccccc2c2cnn(C)c(=O)c21. The first kappa shape index (κ1) is 19.2.